The first-order valence-corrected chi connectivity index (χ1v) is 7.18. The van der Waals surface area contributed by atoms with Gasteiger partial charge in [-0.2, -0.15) is 0 Å². The second-order valence-corrected chi connectivity index (χ2v) is 5.67. The lowest BCUT2D eigenvalue weighted by molar-refractivity contribution is 0.0507. The van der Waals surface area contributed by atoms with E-state index < -0.39 is 5.97 Å². The molecule has 5 heteroatoms. The van der Waals surface area contributed by atoms with Crippen LogP contribution in [0.4, 0.5) is 9.39 Å². The Morgan fingerprint density at radius 2 is 2.00 bits per heavy atom. The summed E-state index contributed by atoms with van der Waals surface area (Å²) in [5.74, 6) is -0.738. The van der Waals surface area contributed by atoms with Crippen molar-refractivity contribution >= 4 is 22.3 Å². The minimum absolute atomic E-state index is 0.315. The van der Waals surface area contributed by atoms with Crippen LogP contribution in [0.25, 0.3) is 11.1 Å². The van der Waals surface area contributed by atoms with Crippen LogP contribution < -0.4 is 5.73 Å². The van der Waals surface area contributed by atoms with Gasteiger partial charge < -0.3 is 10.5 Å². The molecular formula is C15H16FNO2S. The van der Waals surface area contributed by atoms with Gasteiger partial charge in [-0.1, -0.05) is 19.1 Å². The predicted octanol–water partition coefficient (Wildman–Crippen LogP) is 4.01. The molecule has 0 amide bonds. The minimum atomic E-state index is -0.423. The van der Waals surface area contributed by atoms with E-state index in [1.807, 2.05) is 13.8 Å². The number of aryl methyl sites for hydroxylation is 1. The summed E-state index contributed by atoms with van der Waals surface area (Å²) in [5, 5.41) is 0.433. The molecule has 2 N–H and O–H groups in total. The SMILES string of the molecule is CCCOC(=O)c1c(N)sc(C)c1-c1ccc(F)cc1. The van der Waals surface area contributed by atoms with Gasteiger partial charge in [-0.3, -0.25) is 0 Å². The number of benzene rings is 1. The molecule has 0 saturated carbocycles. The van der Waals surface area contributed by atoms with Crippen molar-refractivity contribution < 1.29 is 13.9 Å². The molecular weight excluding hydrogens is 277 g/mol. The second kappa shape index (κ2) is 6.05. The maximum Gasteiger partial charge on any atom is 0.341 e. The number of hydrogen-bond donors (Lipinski definition) is 1. The standard InChI is InChI=1S/C15H16FNO2S/c1-3-8-19-15(18)13-12(9(2)20-14(13)17)10-4-6-11(16)7-5-10/h4-7H,3,8,17H2,1-2H3. The van der Waals surface area contributed by atoms with Crippen molar-refractivity contribution in [3.63, 3.8) is 0 Å². The number of carbonyl (C=O) groups excluding carboxylic acids is 1. The lowest BCUT2D eigenvalue weighted by Crippen LogP contribution is -2.08. The number of hydrogen-bond acceptors (Lipinski definition) is 4. The Labute approximate surface area is 121 Å². The number of rotatable bonds is 4. The number of halogens is 1. The van der Waals surface area contributed by atoms with E-state index in [4.69, 9.17) is 10.5 Å². The molecule has 2 aromatic rings. The zero-order chi connectivity index (χ0) is 14.7. The van der Waals surface area contributed by atoms with Crippen molar-refractivity contribution in [2.45, 2.75) is 20.3 Å². The van der Waals surface area contributed by atoms with Crippen LogP contribution in [-0.4, -0.2) is 12.6 Å². The Balaban J connectivity index is 2.47. The molecule has 0 unspecified atom stereocenters. The molecule has 20 heavy (non-hydrogen) atoms. The number of nitrogen functional groups attached to an aromatic ring is 1. The monoisotopic (exact) mass is 293 g/mol. The van der Waals surface area contributed by atoms with Crippen molar-refractivity contribution in [3.05, 3.63) is 40.5 Å². The Bertz CT molecular complexity index is 620. The maximum absolute atomic E-state index is 13.0. The van der Waals surface area contributed by atoms with E-state index in [0.717, 1.165) is 22.4 Å². The number of nitrogens with two attached hydrogens (primary N) is 1. The van der Waals surface area contributed by atoms with Gasteiger partial charge in [0, 0.05) is 10.4 Å². The Morgan fingerprint density at radius 3 is 2.60 bits per heavy atom. The third-order valence-electron chi connectivity index (χ3n) is 2.89. The van der Waals surface area contributed by atoms with Crippen LogP contribution in [0, 0.1) is 12.7 Å². The summed E-state index contributed by atoms with van der Waals surface area (Å²) >= 11 is 1.34. The van der Waals surface area contributed by atoms with Crippen LogP contribution in [0.1, 0.15) is 28.6 Å². The average Bonchev–Trinajstić information content (AvgIpc) is 2.72. The molecule has 3 nitrogen and oxygen atoms in total. The maximum atomic E-state index is 13.0. The van der Waals surface area contributed by atoms with E-state index in [0.29, 0.717) is 17.2 Å². The first-order chi connectivity index (χ1) is 9.54. The summed E-state index contributed by atoms with van der Waals surface area (Å²) in [6.45, 7) is 4.17. The molecule has 0 saturated heterocycles. The van der Waals surface area contributed by atoms with Gasteiger partial charge >= 0.3 is 5.97 Å². The Morgan fingerprint density at radius 1 is 1.35 bits per heavy atom. The number of carbonyl (C=O) groups is 1. The van der Waals surface area contributed by atoms with Gasteiger partial charge in [-0.25, -0.2) is 9.18 Å². The summed E-state index contributed by atoms with van der Waals surface area (Å²) in [5.41, 5.74) is 7.80. The molecule has 0 aliphatic heterocycles. The van der Waals surface area contributed by atoms with Crippen LogP contribution in [0.3, 0.4) is 0 Å². The zero-order valence-corrected chi connectivity index (χ0v) is 12.2. The summed E-state index contributed by atoms with van der Waals surface area (Å²) < 4.78 is 18.2. The van der Waals surface area contributed by atoms with Crippen molar-refractivity contribution in [2.75, 3.05) is 12.3 Å². The fourth-order valence-electron chi connectivity index (χ4n) is 2.00. The van der Waals surface area contributed by atoms with Crippen LogP contribution in [0.5, 0.6) is 0 Å². The Hall–Kier alpha value is -1.88. The molecule has 1 heterocycles. The zero-order valence-electron chi connectivity index (χ0n) is 11.4. The van der Waals surface area contributed by atoms with Gasteiger partial charge in [-0.15, -0.1) is 11.3 Å². The van der Waals surface area contributed by atoms with E-state index in [1.165, 1.54) is 23.5 Å². The lowest BCUT2D eigenvalue weighted by atomic mass is 10.0. The number of ether oxygens (including phenoxy) is 1. The summed E-state index contributed by atoms with van der Waals surface area (Å²) in [7, 11) is 0. The second-order valence-electron chi connectivity index (χ2n) is 4.42. The molecule has 0 fully saturated rings. The predicted molar refractivity (Wildman–Crippen MR) is 79.4 cm³/mol. The van der Waals surface area contributed by atoms with Gasteiger partial charge in [0.25, 0.3) is 0 Å². The molecule has 0 aliphatic rings. The molecule has 0 spiro atoms. The van der Waals surface area contributed by atoms with Crippen LogP contribution in [0.2, 0.25) is 0 Å². The van der Waals surface area contributed by atoms with Crippen molar-refractivity contribution in [1.29, 1.82) is 0 Å². The topological polar surface area (TPSA) is 52.3 Å². The van der Waals surface area contributed by atoms with Crippen molar-refractivity contribution in [2.24, 2.45) is 0 Å². The van der Waals surface area contributed by atoms with Gasteiger partial charge in [0.1, 0.15) is 16.4 Å². The molecule has 1 aromatic heterocycles. The molecule has 0 bridgehead atoms. The van der Waals surface area contributed by atoms with Crippen molar-refractivity contribution in [1.82, 2.24) is 0 Å². The molecule has 106 valence electrons. The minimum Gasteiger partial charge on any atom is -0.462 e. The van der Waals surface area contributed by atoms with E-state index >= 15 is 0 Å². The third-order valence-corrected chi connectivity index (χ3v) is 3.82. The average molecular weight is 293 g/mol. The van der Waals surface area contributed by atoms with E-state index in [9.17, 15) is 9.18 Å². The summed E-state index contributed by atoms with van der Waals surface area (Å²) in [6.07, 6.45) is 0.751. The third kappa shape index (κ3) is 2.82. The van der Waals surface area contributed by atoms with E-state index in [1.54, 1.807) is 12.1 Å². The summed E-state index contributed by atoms with van der Waals surface area (Å²) in [6, 6.07) is 6.01. The lowest BCUT2D eigenvalue weighted by Gasteiger charge is -2.07. The highest BCUT2D eigenvalue weighted by Crippen LogP contribution is 2.38. The quantitative estimate of drug-likeness (QED) is 0.866. The number of esters is 1. The van der Waals surface area contributed by atoms with Crippen LogP contribution >= 0.6 is 11.3 Å². The molecule has 0 atom stereocenters. The van der Waals surface area contributed by atoms with E-state index in [2.05, 4.69) is 0 Å². The smallest absolute Gasteiger partial charge is 0.341 e. The highest BCUT2D eigenvalue weighted by Gasteiger charge is 2.22. The molecule has 0 aliphatic carbocycles. The van der Waals surface area contributed by atoms with Crippen LogP contribution in [0.15, 0.2) is 24.3 Å². The summed E-state index contributed by atoms with van der Waals surface area (Å²) in [4.78, 5) is 13.0. The van der Waals surface area contributed by atoms with Crippen LogP contribution in [-0.2, 0) is 4.74 Å². The molecule has 0 radical (unpaired) electrons. The van der Waals surface area contributed by atoms with Gasteiger partial charge in [0.05, 0.1) is 6.61 Å². The number of thiophene rings is 1. The molecule has 1 aromatic carbocycles. The van der Waals surface area contributed by atoms with Gasteiger partial charge in [0.2, 0.25) is 0 Å². The van der Waals surface area contributed by atoms with Crippen molar-refractivity contribution in [3.8, 4) is 11.1 Å². The van der Waals surface area contributed by atoms with E-state index in [-0.39, 0.29) is 5.82 Å². The first-order valence-electron chi connectivity index (χ1n) is 6.36. The fraction of sp³-hybridized carbons (Fsp3) is 0.267. The number of anilines is 1. The highest BCUT2D eigenvalue weighted by molar-refractivity contribution is 7.16. The largest absolute Gasteiger partial charge is 0.462 e. The first kappa shape index (κ1) is 14.5. The normalized spacial score (nSPS) is 10.6. The Kier molecular flexibility index (Phi) is 4.39. The van der Waals surface area contributed by atoms with Gasteiger partial charge in [0.15, 0.2) is 0 Å². The van der Waals surface area contributed by atoms with Gasteiger partial charge in [-0.05, 0) is 31.0 Å². The fourth-order valence-corrected chi connectivity index (χ4v) is 2.94. The highest BCUT2D eigenvalue weighted by atomic mass is 32.1. The molecule has 2 rings (SSSR count).